The highest BCUT2D eigenvalue weighted by Gasteiger charge is 2.37. The third-order valence-corrected chi connectivity index (χ3v) is 4.66. The van der Waals surface area contributed by atoms with E-state index in [1.807, 2.05) is 56.6 Å². The lowest BCUT2D eigenvalue weighted by Crippen LogP contribution is -2.21. The van der Waals surface area contributed by atoms with Crippen LogP contribution in [0.4, 0.5) is 5.69 Å². The number of ether oxygens (including phenoxy) is 1. The van der Waals surface area contributed by atoms with Crippen LogP contribution in [0.25, 0.3) is 11.1 Å². The molecule has 0 radical (unpaired) electrons. The number of carbonyl (C=O) groups is 1. The van der Waals surface area contributed by atoms with Gasteiger partial charge in [0.2, 0.25) is 0 Å². The molecule has 23 heavy (non-hydrogen) atoms. The number of halogens is 1. The van der Waals surface area contributed by atoms with Gasteiger partial charge in [-0.05, 0) is 43.7 Å². The number of benzene rings is 1. The summed E-state index contributed by atoms with van der Waals surface area (Å²) >= 11 is 3.43. The molecule has 0 atom stereocenters. The number of H-pyrrole nitrogens is 1. The maximum atomic E-state index is 12.4. The first-order valence-corrected chi connectivity index (χ1v) is 8.15. The number of rotatable bonds is 1. The van der Waals surface area contributed by atoms with Gasteiger partial charge in [0.1, 0.15) is 11.4 Å². The second-order valence-corrected chi connectivity index (χ2v) is 7.07. The molecule has 3 heterocycles. The van der Waals surface area contributed by atoms with Crippen molar-refractivity contribution in [2.75, 3.05) is 5.32 Å². The summed E-state index contributed by atoms with van der Waals surface area (Å²) in [6, 6.07) is 7.76. The second kappa shape index (κ2) is 4.86. The molecule has 4 nitrogen and oxygen atoms in total. The van der Waals surface area contributed by atoms with Gasteiger partial charge in [0.05, 0.1) is 11.3 Å². The Morgan fingerprint density at radius 2 is 2.04 bits per heavy atom. The molecule has 1 aromatic carbocycles. The molecule has 0 fully saturated rings. The molecular weight excluding hydrogens is 356 g/mol. The first-order valence-electron chi connectivity index (χ1n) is 7.35. The molecule has 2 aromatic rings. The van der Waals surface area contributed by atoms with E-state index in [1.165, 1.54) is 0 Å². The Hall–Kier alpha value is -2.27. The van der Waals surface area contributed by atoms with Crippen LogP contribution in [0.15, 0.2) is 53.0 Å². The molecule has 0 saturated carbocycles. The summed E-state index contributed by atoms with van der Waals surface area (Å²) in [5.41, 5.74) is 3.90. The smallest absolute Gasteiger partial charge is 0.260 e. The Morgan fingerprint density at radius 1 is 1.22 bits per heavy atom. The maximum Gasteiger partial charge on any atom is 0.260 e. The van der Waals surface area contributed by atoms with Gasteiger partial charge in [-0.2, -0.15) is 0 Å². The fourth-order valence-electron chi connectivity index (χ4n) is 3.10. The highest BCUT2D eigenvalue weighted by atomic mass is 79.9. The molecule has 2 aliphatic rings. The van der Waals surface area contributed by atoms with Crippen LogP contribution in [0.2, 0.25) is 0 Å². The summed E-state index contributed by atoms with van der Waals surface area (Å²) in [5.74, 6) is 0.486. The Morgan fingerprint density at radius 3 is 2.78 bits per heavy atom. The number of fused-ring (bicyclic) bond motifs is 1. The zero-order valence-electron chi connectivity index (χ0n) is 12.7. The summed E-state index contributed by atoms with van der Waals surface area (Å²) in [7, 11) is 0. The van der Waals surface area contributed by atoms with Crippen LogP contribution >= 0.6 is 15.9 Å². The van der Waals surface area contributed by atoms with Crippen molar-refractivity contribution in [3.8, 4) is 0 Å². The Kier molecular flexibility index (Phi) is 3.03. The van der Waals surface area contributed by atoms with E-state index in [-0.39, 0.29) is 5.91 Å². The van der Waals surface area contributed by atoms with Gasteiger partial charge in [0.25, 0.3) is 5.91 Å². The lowest BCUT2D eigenvalue weighted by Gasteiger charge is -2.22. The number of hydrogen-bond acceptors (Lipinski definition) is 2. The summed E-state index contributed by atoms with van der Waals surface area (Å²) in [4.78, 5) is 15.5. The van der Waals surface area contributed by atoms with Crippen molar-refractivity contribution in [3.63, 3.8) is 0 Å². The van der Waals surface area contributed by atoms with Crippen LogP contribution in [0.5, 0.6) is 0 Å². The van der Waals surface area contributed by atoms with Crippen LogP contribution in [-0.4, -0.2) is 16.5 Å². The van der Waals surface area contributed by atoms with Crippen LogP contribution < -0.4 is 5.32 Å². The standard InChI is InChI=1S/C18H15BrN2O2/c1-18(2)13(10-5-6-20-9-10)8-15(23-18)16-12-4-3-11(19)7-14(12)21-17(16)22/h3-9,20H,1-2H3,(H,21,22)/b16-15+. The number of hydrogen-bond donors (Lipinski definition) is 2. The number of anilines is 1. The lowest BCUT2D eigenvalue weighted by atomic mass is 9.94. The molecular formula is C18H15BrN2O2. The van der Waals surface area contributed by atoms with Crippen molar-refractivity contribution in [2.24, 2.45) is 0 Å². The van der Waals surface area contributed by atoms with E-state index in [1.54, 1.807) is 0 Å². The number of aromatic amines is 1. The first kappa shape index (κ1) is 14.3. The molecule has 0 unspecified atom stereocenters. The molecule has 4 rings (SSSR count). The molecule has 0 aliphatic carbocycles. The predicted molar refractivity (Wildman–Crippen MR) is 93.6 cm³/mol. The predicted octanol–water partition coefficient (Wildman–Crippen LogP) is 4.33. The van der Waals surface area contributed by atoms with E-state index in [0.29, 0.717) is 11.3 Å². The van der Waals surface area contributed by atoms with Gasteiger partial charge in [-0.3, -0.25) is 4.79 Å². The molecule has 0 spiro atoms. The Bertz CT molecular complexity index is 876. The molecule has 2 N–H and O–H groups in total. The van der Waals surface area contributed by atoms with Crippen LogP contribution in [0, 0.1) is 0 Å². The molecule has 1 amide bonds. The van der Waals surface area contributed by atoms with Crippen LogP contribution in [0.3, 0.4) is 0 Å². The maximum absolute atomic E-state index is 12.4. The average molecular weight is 371 g/mol. The molecule has 0 saturated heterocycles. The van der Waals surface area contributed by atoms with E-state index in [0.717, 1.165) is 26.9 Å². The third kappa shape index (κ3) is 2.23. The van der Waals surface area contributed by atoms with Crippen molar-refractivity contribution in [1.29, 1.82) is 0 Å². The van der Waals surface area contributed by atoms with Crippen molar-refractivity contribution in [3.05, 3.63) is 64.1 Å². The average Bonchev–Trinajstić information content (AvgIpc) is 3.15. The number of carbonyl (C=O) groups excluding carboxylic acids is 1. The summed E-state index contributed by atoms with van der Waals surface area (Å²) < 4.78 is 7.06. The topological polar surface area (TPSA) is 54.1 Å². The fraction of sp³-hybridized carbons (Fsp3) is 0.167. The number of nitrogens with one attached hydrogen (secondary N) is 2. The number of amides is 1. The number of allylic oxidation sites excluding steroid dienone is 1. The van der Waals surface area contributed by atoms with Gasteiger partial charge in [0, 0.05) is 28.0 Å². The largest absolute Gasteiger partial charge is 0.482 e. The van der Waals surface area contributed by atoms with Crippen molar-refractivity contribution in [1.82, 2.24) is 4.98 Å². The van der Waals surface area contributed by atoms with E-state index >= 15 is 0 Å². The van der Waals surface area contributed by atoms with Crippen LogP contribution in [-0.2, 0) is 9.53 Å². The minimum absolute atomic E-state index is 0.129. The van der Waals surface area contributed by atoms with E-state index in [9.17, 15) is 4.79 Å². The van der Waals surface area contributed by atoms with E-state index in [4.69, 9.17) is 4.74 Å². The van der Waals surface area contributed by atoms with Crippen molar-refractivity contribution in [2.45, 2.75) is 19.4 Å². The summed E-state index contributed by atoms with van der Waals surface area (Å²) in [6.07, 6.45) is 5.78. The third-order valence-electron chi connectivity index (χ3n) is 4.17. The van der Waals surface area contributed by atoms with Gasteiger partial charge in [-0.15, -0.1) is 0 Å². The fourth-order valence-corrected chi connectivity index (χ4v) is 3.46. The lowest BCUT2D eigenvalue weighted by molar-refractivity contribution is -0.111. The van der Waals surface area contributed by atoms with Gasteiger partial charge in [-0.25, -0.2) is 0 Å². The van der Waals surface area contributed by atoms with Gasteiger partial charge >= 0.3 is 0 Å². The second-order valence-electron chi connectivity index (χ2n) is 6.15. The zero-order chi connectivity index (χ0) is 16.2. The van der Waals surface area contributed by atoms with Crippen LogP contribution in [0.1, 0.15) is 25.0 Å². The zero-order valence-corrected chi connectivity index (χ0v) is 14.3. The number of aromatic nitrogens is 1. The molecule has 116 valence electrons. The van der Waals surface area contributed by atoms with E-state index in [2.05, 4.69) is 26.2 Å². The quantitative estimate of drug-likeness (QED) is 0.733. The Labute approximate surface area is 142 Å². The van der Waals surface area contributed by atoms with Crippen molar-refractivity contribution < 1.29 is 9.53 Å². The minimum atomic E-state index is -0.483. The molecule has 0 bridgehead atoms. The highest BCUT2D eigenvalue weighted by molar-refractivity contribution is 9.10. The van der Waals surface area contributed by atoms with Crippen molar-refractivity contribution >= 4 is 38.7 Å². The molecule has 2 aliphatic heterocycles. The first-order chi connectivity index (χ1) is 11.0. The van der Waals surface area contributed by atoms with Gasteiger partial charge in [-0.1, -0.05) is 22.0 Å². The van der Waals surface area contributed by atoms with Gasteiger partial charge < -0.3 is 15.0 Å². The Balaban J connectivity index is 1.88. The molecule has 5 heteroatoms. The summed E-state index contributed by atoms with van der Waals surface area (Å²) in [5, 5.41) is 2.90. The van der Waals surface area contributed by atoms with E-state index < -0.39 is 5.60 Å². The SMILES string of the molecule is CC1(C)O/C(=C2/C(=O)Nc3cc(Br)ccc32)C=C1c1cc[nH]c1. The molecule has 1 aromatic heterocycles. The van der Waals surface area contributed by atoms with Gasteiger partial charge in [0.15, 0.2) is 0 Å². The monoisotopic (exact) mass is 370 g/mol. The summed E-state index contributed by atoms with van der Waals surface area (Å²) in [6.45, 7) is 4.02. The highest BCUT2D eigenvalue weighted by Crippen LogP contribution is 2.44. The normalized spacial score (nSPS) is 21.7. The minimum Gasteiger partial charge on any atom is -0.482 e.